The fraction of sp³-hybridized carbons (Fsp3) is 0.333. The fourth-order valence-electron chi connectivity index (χ4n) is 2.79. The molecule has 0 amide bonds. The monoisotopic (exact) mass is 314 g/mol. The van der Waals surface area contributed by atoms with E-state index >= 15 is 0 Å². The lowest BCUT2D eigenvalue weighted by Crippen LogP contribution is -2.44. The maximum Gasteiger partial charge on any atom is 0.493 e. The van der Waals surface area contributed by atoms with E-state index in [1.165, 1.54) is 18.4 Å². The molecule has 0 atom stereocenters. The topological polar surface area (TPSA) is 18.5 Å². The average molecular weight is 315 g/mol. The lowest BCUT2D eigenvalue weighted by molar-refractivity contribution is 0.0821. The van der Waals surface area contributed by atoms with Gasteiger partial charge >= 0.3 is 7.12 Å². The average Bonchev–Trinajstić information content (AvgIpc) is 2.57. The number of benzene rings is 2. The van der Waals surface area contributed by atoms with Crippen molar-refractivity contribution in [1.82, 2.24) is 0 Å². The second kappa shape index (κ2) is 7.32. The molecule has 1 aliphatic heterocycles. The summed E-state index contributed by atoms with van der Waals surface area (Å²) >= 11 is 5.93. The van der Waals surface area contributed by atoms with Crippen LogP contribution in [0, 0.1) is 5.92 Å². The molecule has 1 aliphatic rings. The second-order valence-electron chi connectivity index (χ2n) is 5.78. The van der Waals surface area contributed by atoms with E-state index in [4.69, 9.17) is 20.9 Å². The first-order valence-corrected chi connectivity index (χ1v) is 8.23. The van der Waals surface area contributed by atoms with Crippen LogP contribution in [0.5, 0.6) is 0 Å². The summed E-state index contributed by atoms with van der Waals surface area (Å²) in [5.41, 5.74) is 3.40. The number of halogens is 1. The predicted molar refractivity (Wildman–Crippen MR) is 92.6 cm³/mol. The van der Waals surface area contributed by atoms with Crippen molar-refractivity contribution in [2.45, 2.75) is 19.8 Å². The van der Waals surface area contributed by atoms with Crippen LogP contribution in [0.4, 0.5) is 0 Å². The summed E-state index contributed by atoms with van der Waals surface area (Å²) in [7, 11) is -0.229. The van der Waals surface area contributed by atoms with Crippen LogP contribution < -0.4 is 5.46 Å². The summed E-state index contributed by atoms with van der Waals surface area (Å²) in [5.74, 6) is 0.537. The normalized spacial score (nSPS) is 16.0. The number of hydrogen-bond donors (Lipinski definition) is 0. The summed E-state index contributed by atoms with van der Waals surface area (Å²) in [6.45, 7) is 3.77. The van der Waals surface area contributed by atoms with E-state index in [1.807, 2.05) is 24.3 Å². The van der Waals surface area contributed by atoms with Gasteiger partial charge in [0.25, 0.3) is 0 Å². The Balaban J connectivity index is 1.66. The lowest BCUT2D eigenvalue weighted by Gasteiger charge is -2.27. The molecule has 2 aromatic rings. The van der Waals surface area contributed by atoms with Gasteiger partial charge in [0.15, 0.2) is 0 Å². The highest BCUT2D eigenvalue weighted by molar-refractivity contribution is 6.61. The molecule has 1 saturated heterocycles. The maximum atomic E-state index is 5.93. The van der Waals surface area contributed by atoms with Crippen LogP contribution in [-0.2, 0) is 9.31 Å². The van der Waals surface area contributed by atoms with E-state index in [0.29, 0.717) is 5.92 Å². The molecule has 0 aliphatic carbocycles. The Labute approximate surface area is 137 Å². The van der Waals surface area contributed by atoms with Gasteiger partial charge in [-0.3, -0.25) is 0 Å². The Morgan fingerprint density at radius 2 is 1.50 bits per heavy atom. The Hall–Kier alpha value is -1.29. The van der Waals surface area contributed by atoms with Crippen LogP contribution in [0.2, 0.25) is 5.02 Å². The predicted octanol–water partition coefficient (Wildman–Crippen LogP) is 4.17. The number of hydrogen-bond acceptors (Lipinski definition) is 2. The minimum Gasteiger partial charge on any atom is -0.407 e. The van der Waals surface area contributed by atoms with Crippen molar-refractivity contribution in [2.24, 2.45) is 5.92 Å². The van der Waals surface area contributed by atoms with Gasteiger partial charge in [-0.15, -0.1) is 0 Å². The van der Waals surface area contributed by atoms with E-state index in [0.717, 1.165) is 29.3 Å². The van der Waals surface area contributed by atoms with Gasteiger partial charge in [0.1, 0.15) is 0 Å². The minimum absolute atomic E-state index is 0.229. The van der Waals surface area contributed by atoms with Gasteiger partial charge in [0.2, 0.25) is 0 Å². The molecule has 0 saturated carbocycles. The quantitative estimate of drug-likeness (QED) is 0.789. The maximum absolute atomic E-state index is 5.93. The fourth-order valence-corrected chi connectivity index (χ4v) is 2.91. The van der Waals surface area contributed by atoms with Crippen LogP contribution in [0.1, 0.15) is 19.8 Å². The van der Waals surface area contributed by atoms with Crippen molar-refractivity contribution in [3.05, 3.63) is 53.6 Å². The third-order valence-electron chi connectivity index (χ3n) is 4.02. The van der Waals surface area contributed by atoms with Crippen molar-refractivity contribution in [3.8, 4) is 11.1 Å². The molecule has 0 radical (unpaired) electrons. The van der Waals surface area contributed by atoms with Crippen molar-refractivity contribution < 1.29 is 9.31 Å². The molecule has 114 valence electrons. The molecule has 3 rings (SSSR count). The van der Waals surface area contributed by atoms with Gasteiger partial charge < -0.3 is 9.31 Å². The van der Waals surface area contributed by atoms with Crippen molar-refractivity contribution in [3.63, 3.8) is 0 Å². The van der Waals surface area contributed by atoms with E-state index in [9.17, 15) is 0 Å². The first-order chi connectivity index (χ1) is 10.8. The molecule has 2 nitrogen and oxygen atoms in total. The molecule has 1 fully saturated rings. The van der Waals surface area contributed by atoms with Crippen LogP contribution in [0.25, 0.3) is 11.1 Å². The van der Waals surface area contributed by atoms with E-state index in [1.54, 1.807) is 0 Å². The molecule has 2 aromatic carbocycles. The zero-order chi connectivity index (χ0) is 15.4. The minimum atomic E-state index is -0.229. The third kappa shape index (κ3) is 3.72. The Bertz CT molecular complexity index is 589. The molecule has 4 heteroatoms. The van der Waals surface area contributed by atoms with Crippen LogP contribution in [0.15, 0.2) is 48.5 Å². The summed E-state index contributed by atoms with van der Waals surface area (Å²) in [6.07, 6.45) is 2.35. The molecular formula is C18H20BClO2. The van der Waals surface area contributed by atoms with Gasteiger partial charge in [-0.25, -0.2) is 0 Å². The van der Waals surface area contributed by atoms with Crippen LogP contribution in [-0.4, -0.2) is 20.3 Å². The largest absolute Gasteiger partial charge is 0.493 e. The molecule has 0 spiro atoms. The van der Waals surface area contributed by atoms with E-state index < -0.39 is 0 Å². The van der Waals surface area contributed by atoms with Crippen LogP contribution >= 0.6 is 11.6 Å². The van der Waals surface area contributed by atoms with E-state index in [2.05, 4.69) is 31.2 Å². The molecule has 0 N–H and O–H groups in total. The zero-order valence-electron chi connectivity index (χ0n) is 12.8. The van der Waals surface area contributed by atoms with Crippen LogP contribution in [0.3, 0.4) is 0 Å². The highest BCUT2D eigenvalue weighted by atomic mass is 35.5. The van der Waals surface area contributed by atoms with Gasteiger partial charge in [0, 0.05) is 24.2 Å². The summed E-state index contributed by atoms with van der Waals surface area (Å²) in [4.78, 5) is 0. The molecule has 0 unspecified atom stereocenters. The lowest BCUT2D eigenvalue weighted by atomic mass is 9.77. The molecular weight excluding hydrogens is 294 g/mol. The first kappa shape index (κ1) is 15.6. The Morgan fingerprint density at radius 1 is 0.955 bits per heavy atom. The highest BCUT2D eigenvalue weighted by Crippen LogP contribution is 2.21. The van der Waals surface area contributed by atoms with Gasteiger partial charge in [-0.1, -0.05) is 61.3 Å². The molecule has 0 bridgehead atoms. The smallest absolute Gasteiger partial charge is 0.407 e. The van der Waals surface area contributed by atoms with E-state index in [-0.39, 0.29) is 7.12 Å². The Morgan fingerprint density at radius 3 is 2.05 bits per heavy atom. The summed E-state index contributed by atoms with van der Waals surface area (Å²) in [5, 5.41) is 0.756. The highest BCUT2D eigenvalue weighted by Gasteiger charge is 2.28. The number of rotatable bonds is 4. The Kier molecular flexibility index (Phi) is 5.19. The summed E-state index contributed by atoms with van der Waals surface area (Å²) < 4.78 is 11.7. The van der Waals surface area contributed by atoms with Crippen molar-refractivity contribution >= 4 is 24.2 Å². The van der Waals surface area contributed by atoms with Gasteiger partial charge in [-0.05, 0) is 35.1 Å². The van der Waals surface area contributed by atoms with Crippen molar-refractivity contribution in [1.29, 1.82) is 0 Å². The van der Waals surface area contributed by atoms with Gasteiger partial charge in [-0.2, -0.15) is 0 Å². The summed E-state index contributed by atoms with van der Waals surface area (Å²) in [6, 6.07) is 16.2. The molecule has 1 heterocycles. The van der Waals surface area contributed by atoms with Crippen molar-refractivity contribution in [2.75, 3.05) is 13.2 Å². The third-order valence-corrected chi connectivity index (χ3v) is 4.28. The SMILES string of the molecule is CCCC1COB(c2ccc(-c3ccc(Cl)cc3)cc2)OC1. The standard InChI is InChI=1S/C18H20BClO2/c1-2-3-14-12-21-19(22-13-14)17-8-4-15(5-9-17)16-6-10-18(20)11-7-16/h4-11,14H,2-3,12-13H2,1H3. The zero-order valence-corrected chi connectivity index (χ0v) is 13.6. The first-order valence-electron chi connectivity index (χ1n) is 7.85. The molecule has 0 aromatic heterocycles. The second-order valence-corrected chi connectivity index (χ2v) is 6.22. The molecule has 22 heavy (non-hydrogen) atoms. The van der Waals surface area contributed by atoms with Gasteiger partial charge in [0.05, 0.1) is 0 Å².